The zero-order valence-electron chi connectivity index (χ0n) is 10.4. The van der Waals surface area contributed by atoms with Gasteiger partial charge >= 0.3 is 5.97 Å². The van der Waals surface area contributed by atoms with E-state index in [-0.39, 0.29) is 18.8 Å². The first-order valence-electron chi connectivity index (χ1n) is 5.36. The Morgan fingerprint density at radius 3 is 2.61 bits per heavy atom. The van der Waals surface area contributed by atoms with Crippen LogP contribution in [-0.2, 0) is 4.79 Å². The highest BCUT2D eigenvalue weighted by Gasteiger charge is 2.13. The van der Waals surface area contributed by atoms with Crippen molar-refractivity contribution in [2.75, 3.05) is 13.7 Å². The molecule has 1 aromatic carbocycles. The zero-order valence-corrected chi connectivity index (χ0v) is 11.2. The molecule has 0 saturated heterocycles. The van der Waals surface area contributed by atoms with E-state index in [1.54, 1.807) is 25.3 Å². The zero-order chi connectivity index (χ0) is 12.8. The maximum atomic E-state index is 10.6. The first kappa shape index (κ1) is 16.5. The van der Waals surface area contributed by atoms with Gasteiger partial charge in [0.05, 0.1) is 20.1 Å². The van der Waals surface area contributed by atoms with Crippen molar-refractivity contribution in [2.45, 2.75) is 19.4 Å². The number of methoxy groups -OCH3 is 1. The molecule has 0 aliphatic heterocycles. The molecule has 6 heteroatoms. The van der Waals surface area contributed by atoms with Crippen LogP contribution in [0.15, 0.2) is 18.2 Å². The van der Waals surface area contributed by atoms with Crippen LogP contribution in [0.5, 0.6) is 11.5 Å². The van der Waals surface area contributed by atoms with E-state index in [0.717, 1.165) is 5.56 Å². The monoisotopic (exact) mass is 275 g/mol. The molecule has 3 N–H and O–H groups in total. The van der Waals surface area contributed by atoms with Crippen LogP contribution in [0.2, 0.25) is 0 Å². The summed E-state index contributed by atoms with van der Waals surface area (Å²) in [4.78, 5) is 10.6. The Labute approximate surface area is 112 Å². The molecule has 0 fully saturated rings. The summed E-state index contributed by atoms with van der Waals surface area (Å²) in [6.45, 7) is 2.37. The minimum absolute atomic E-state index is 0. The van der Waals surface area contributed by atoms with Crippen molar-refractivity contribution < 1.29 is 19.4 Å². The molecule has 0 aliphatic rings. The summed E-state index contributed by atoms with van der Waals surface area (Å²) in [6.07, 6.45) is -0.113. The number of rotatable bonds is 6. The summed E-state index contributed by atoms with van der Waals surface area (Å²) >= 11 is 0. The van der Waals surface area contributed by atoms with Crippen LogP contribution in [0.3, 0.4) is 0 Å². The van der Waals surface area contributed by atoms with Gasteiger partial charge in [-0.1, -0.05) is 6.07 Å². The van der Waals surface area contributed by atoms with Crippen molar-refractivity contribution in [3.63, 3.8) is 0 Å². The fourth-order valence-corrected chi connectivity index (χ4v) is 1.50. The summed E-state index contributed by atoms with van der Waals surface area (Å²) < 4.78 is 10.5. The topological polar surface area (TPSA) is 81.8 Å². The lowest BCUT2D eigenvalue weighted by Gasteiger charge is -2.14. The molecule has 0 radical (unpaired) electrons. The van der Waals surface area contributed by atoms with Gasteiger partial charge in [0.15, 0.2) is 11.5 Å². The van der Waals surface area contributed by atoms with Crippen molar-refractivity contribution in [1.29, 1.82) is 0 Å². The van der Waals surface area contributed by atoms with E-state index < -0.39 is 12.0 Å². The van der Waals surface area contributed by atoms with Crippen LogP contribution in [0, 0.1) is 0 Å². The molecule has 0 aliphatic carbocycles. The molecule has 1 atom stereocenters. The molecule has 1 rings (SSSR count). The van der Waals surface area contributed by atoms with Crippen molar-refractivity contribution in [2.24, 2.45) is 5.73 Å². The minimum Gasteiger partial charge on any atom is -0.493 e. The lowest BCUT2D eigenvalue weighted by Crippen LogP contribution is -2.15. The molecule has 102 valence electrons. The van der Waals surface area contributed by atoms with Crippen molar-refractivity contribution in [1.82, 2.24) is 0 Å². The van der Waals surface area contributed by atoms with Crippen molar-refractivity contribution >= 4 is 18.4 Å². The summed E-state index contributed by atoms with van der Waals surface area (Å²) in [5.41, 5.74) is 6.49. The summed E-state index contributed by atoms with van der Waals surface area (Å²) in [6, 6.07) is 4.64. The van der Waals surface area contributed by atoms with Crippen LogP contribution in [0.4, 0.5) is 0 Å². The molecule has 0 amide bonds. The van der Waals surface area contributed by atoms with Crippen LogP contribution < -0.4 is 15.2 Å². The number of carboxylic acids is 1. The second-order valence-electron chi connectivity index (χ2n) is 3.55. The molecule has 0 spiro atoms. The average Bonchev–Trinajstić information content (AvgIpc) is 2.28. The number of halogens is 1. The number of aliphatic carboxylic acids is 1. The summed E-state index contributed by atoms with van der Waals surface area (Å²) in [5, 5.41) is 8.68. The molecule has 5 nitrogen and oxygen atoms in total. The standard InChI is InChI=1S/C12H17NO4.ClH/c1-3-17-11-6-8(4-5-10(11)16-2)9(13)7-12(14)15;/h4-6,9H,3,7,13H2,1-2H3,(H,14,15);1H/t9-;/m1./s1. The third kappa shape index (κ3) is 4.43. The third-order valence-electron chi connectivity index (χ3n) is 2.31. The summed E-state index contributed by atoms with van der Waals surface area (Å²) in [5.74, 6) is 0.262. The predicted octanol–water partition coefficient (Wildman–Crippen LogP) is 1.99. The van der Waals surface area contributed by atoms with Gasteiger partial charge < -0.3 is 20.3 Å². The number of nitrogens with two attached hydrogens (primary N) is 1. The van der Waals surface area contributed by atoms with E-state index in [0.29, 0.717) is 18.1 Å². The smallest absolute Gasteiger partial charge is 0.305 e. The van der Waals surface area contributed by atoms with Gasteiger partial charge in [-0.25, -0.2) is 0 Å². The lowest BCUT2D eigenvalue weighted by atomic mass is 10.0. The average molecular weight is 276 g/mol. The number of hydrogen-bond donors (Lipinski definition) is 2. The van der Waals surface area contributed by atoms with E-state index in [9.17, 15) is 4.79 Å². The van der Waals surface area contributed by atoms with E-state index >= 15 is 0 Å². The van der Waals surface area contributed by atoms with Gasteiger partial charge in [-0.3, -0.25) is 4.79 Å². The molecule has 18 heavy (non-hydrogen) atoms. The second-order valence-corrected chi connectivity index (χ2v) is 3.55. The molecule has 0 aromatic heterocycles. The number of hydrogen-bond acceptors (Lipinski definition) is 4. The maximum Gasteiger partial charge on any atom is 0.305 e. The Morgan fingerprint density at radius 1 is 1.44 bits per heavy atom. The number of benzene rings is 1. The first-order chi connectivity index (χ1) is 8.08. The van der Waals surface area contributed by atoms with Gasteiger partial charge in [-0.2, -0.15) is 0 Å². The second kappa shape index (κ2) is 7.79. The molecule has 0 heterocycles. The van der Waals surface area contributed by atoms with E-state index in [1.807, 2.05) is 6.92 Å². The molecule has 0 unspecified atom stereocenters. The fourth-order valence-electron chi connectivity index (χ4n) is 1.50. The Hall–Kier alpha value is -1.46. The van der Waals surface area contributed by atoms with E-state index in [2.05, 4.69) is 0 Å². The van der Waals surface area contributed by atoms with E-state index in [1.165, 1.54) is 0 Å². The quantitative estimate of drug-likeness (QED) is 0.830. The Balaban J connectivity index is 0.00000289. The Bertz CT molecular complexity index is 398. The SMILES string of the molecule is CCOc1cc([C@H](N)CC(=O)O)ccc1OC.Cl. The molecular formula is C12H18ClNO4. The molecule has 0 bridgehead atoms. The predicted molar refractivity (Wildman–Crippen MR) is 70.6 cm³/mol. The number of carbonyl (C=O) groups is 1. The highest BCUT2D eigenvalue weighted by atomic mass is 35.5. The largest absolute Gasteiger partial charge is 0.493 e. The van der Waals surface area contributed by atoms with Crippen molar-refractivity contribution in [3.05, 3.63) is 23.8 Å². The summed E-state index contributed by atoms with van der Waals surface area (Å²) in [7, 11) is 1.55. The normalized spacial score (nSPS) is 11.3. The third-order valence-corrected chi connectivity index (χ3v) is 2.31. The molecule has 0 saturated carbocycles. The first-order valence-corrected chi connectivity index (χ1v) is 5.36. The highest BCUT2D eigenvalue weighted by Crippen LogP contribution is 2.30. The minimum atomic E-state index is -0.925. The Kier molecular flexibility index (Phi) is 7.16. The highest BCUT2D eigenvalue weighted by molar-refractivity contribution is 5.85. The fraction of sp³-hybridized carbons (Fsp3) is 0.417. The molecule has 1 aromatic rings. The van der Waals surface area contributed by atoms with Gasteiger partial charge in [-0.15, -0.1) is 12.4 Å². The maximum absolute atomic E-state index is 10.6. The Morgan fingerprint density at radius 2 is 2.11 bits per heavy atom. The van der Waals surface area contributed by atoms with E-state index in [4.69, 9.17) is 20.3 Å². The van der Waals surface area contributed by atoms with Gasteiger partial charge in [0.1, 0.15) is 0 Å². The van der Waals surface area contributed by atoms with Crippen molar-refractivity contribution in [3.8, 4) is 11.5 Å². The van der Waals surface area contributed by atoms with Crippen LogP contribution in [-0.4, -0.2) is 24.8 Å². The lowest BCUT2D eigenvalue weighted by molar-refractivity contribution is -0.137. The van der Waals surface area contributed by atoms with Crippen LogP contribution in [0.25, 0.3) is 0 Å². The van der Waals surface area contributed by atoms with Crippen LogP contribution in [0.1, 0.15) is 24.9 Å². The van der Waals surface area contributed by atoms with Gasteiger partial charge in [0.2, 0.25) is 0 Å². The van der Waals surface area contributed by atoms with Gasteiger partial charge in [-0.05, 0) is 24.6 Å². The van der Waals surface area contributed by atoms with Crippen LogP contribution >= 0.6 is 12.4 Å². The number of ether oxygens (including phenoxy) is 2. The molecular weight excluding hydrogens is 258 g/mol. The van der Waals surface area contributed by atoms with Gasteiger partial charge in [0.25, 0.3) is 0 Å². The van der Waals surface area contributed by atoms with Gasteiger partial charge in [0, 0.05) is 6.04 Å². The number of carboxylic acid groups (broad SMARTS) is 1.